The standard InChI is InChI=1S/C42H24N4OS/c1-3-12-26(13-4-1)39-44-40(27-14-5-2-6-15-27)46-41(45-39)31-17-9-10-18-32(31)42-43-37-36(48-42)22-21-30-34-24-33-28(23-35(34)47-38(30)37)20-19-25-11-7-8-16-29(25)33/h1-24H. The average Bonchev–Trinajstić information content (AvgIpc) is 3.76. The van der Waals surface area contributed by atoms with Crippen molar-refractivity contribution >= 4 is 65.0 Å². The predicted molar refractivity (Wildman–Crippen MR) is 197 cm³/mol. The number of fused-ring (bicyclic) bond motifs is 8. The molecular weight excluding hydrogens is 609 g/mol. The number of rotatable bonds is 4. The lowest BCUT2D eigenvalue weighted by Crippen LogP contribution is -2.00. The highest BCUT2D eigenvalue weighted by molar-refractivity contribution is 7.21. The van der Waals surface area contributed by atoms with Crippen LogP contribution in [0.25, 0.3) is 98.4 Å². The van der Waals surface area contributed by atoms with Crippen molar-refractivity contribution in [2.24, 2.45) is 0 Å². The fourth-order valence-corrected chi connectivity index (χ4v) is 7.64. The van der Waals surface area contributed by atoms with Gasteiger partial charge in [-0.05, 0) is 45.8 Å². The molecule has 0 atom stereocenters. The molecule has 48 heavy (non-hydrogen) atoms. The fourth-order valence-electron chi connectivity index (χ4n) is 6.63. The van der Waals surface area contributed by atoms with Crippen LogP contribution in [-0.2, 0) is 0 Å². The first-order valence-electron chi connectivity index (χ1n) is 15.8. The molecule has 0 unspecified atom stereocenters. The Balaban J connectivity index is 1.15. The van der Waals surface area contributed by atoms with Gasteiger partial charge in [0.25, 0.3) is 0 Å². The molecule has 3 aromatic heterocycles. The molecule has 0 radical (unpaired) electrons. The monoisotopic (exact) mass is 632 g/mol. The summed E-state index contributed by atoms with van der Waals surface area (Å²) >= 11 is 1.65. The van der Waals surface area contributed by atoms with Gasteiger partial charge in [0.05, 0.1) is 4.70 Å². The summed E-state index contributed by atoms with van der Waals surface area (Å²) in [6.45, 7) is 0. The van der Waals surface area contributed by atoms with Gasteiger partial charge >= 0.3 is 0 Å². The molecule has 7 aromatic carbocycles. The van der Waals surface area contributed by atoms with Crippen molar-refractivity contribution < 1.29 is 4.42 Å². The van der Waals surface area contributed by atoms with E-state index in [-0.39, 0.29) is 0 Å². The van der Waals surface area contributed by atoms with Crippen molar-refractivity contribution in [3.63, 3.8) is 0 Å². The summed E-state index contributed by atoms with van der Waals surface area (Å²) in [5.74, 6) is 1.86. The number of furan rings is 1. The van der Waals surface area contributed by atoms with Crippen molar-refractivity contribution in [3.05, 3.63) is 146 Å². The Morgan fingerprint density at radius 3 is 1.85 bits per heavy atom. The van der Waals surface area contributed by atoms with Gasteiger partial charge in [0, 0.05) is 33.0 Å². The first-order chi connectivity index (χ1) is 23.8. The number of thiazole rings is 1. The van der Waals surface area contributed by atoms with Crippen LogP contribution in [0.2, 0.25) is 0 Å². The molecule has 0 saturated heterocycles. The average molecular weight is 633 g/mol. The normalized spacial score (nSPS) is 11.8. The molecule has 0 spiro atoms. The number of benzene rings is 7. The Labute approximate surface area is 278 Å². The molecule has 0 N–H and O–H groups in total. The molecule has 6 heteroatoms. The Kier molecular flexibility index (Phi) is 5.98. The van der Waals surface area contributed by atoms with E-state index in [1.807, 2.05) is 72.8 Å². The van der Waals surface area contributed by atoms with E-state index in [1.54, 1.807) is 11.3 Å². The topological polar surface area (TPSA) is 64.7 Å². The fraction of sp³-hybridized carbons (Fsp3) is 0. The van der Waals surface area contributed by atoms with Crippen molar-refractivity contribution in [3.8, 4) is 44.7 Å². The first kappa shape index (κ1) is 26.9. The maximum Gasteiger partial charge on any atom is 0.164 e. The summed E-state index contributed by atoms with van der Waals surface area (Å²) < 4.78 is 7.65. The van der Waals surface area contributed by atoms with Crippen LogP contribution in [-0.4, -0.2) is 19.9 Å². The molecule has 0 amide bonds. The number of hydrogen-bond acceptors (Lipinski definition) is 6. The Morgan fingerprint density at radius 2 is 1.08 bits per heavy atom. The molecule has 0 aliphatic heterocycles. The molecule has 0 aliphatic rings. The SMILES string of the molecule is c1ccc(-c2nc(-c3ccccc3)nc(-c3ccccc3-c3nc4c(ccc5c6cc7c(ccc8ccccc87)cc6oc54)s3)n2)cc1. The van der Waals surface area contributed by atoms with Gasteiger partial charge in [-0.25, -0.2) is 19.9 Å². The highest BCUT2D eigenvalue weighted by atomic mass is 32.1. The van der Waals surface area contributed by atoms with Gasteiger partial charge in [0.2, 0.25) is 0 Å². The number of hydrogen-bond donors (Lipinski definition) is 0. The maximum absolute atomic E-state index is 6.59. The quantitative estimate of drug-likeness (QED) is 0.181. The molecule has 0 bridgehead atoms. The van der Waals surface area contributed by atoms with E-state index >= 15 is 0 Å². The van der Waals surface area contributed by atoms with Crippen LogP contribution in [0.15, 0.2) is 150 Å². The van der Waals surface area contributed by atoms with Crippen LogP contribution < -0.4 is 0 Å². The summed E-state index contributed by atoms with van der Waals surface area (Å²) in [5, 5.41) is 7.89. The third kappa shape index (κ3) is 4.31. The zero-order valence-electron chi connectivity index (χ0n) is 25.5. The van der Waals surface area contributed by atoms with Crippen LogP contribution in [0, 0.1) is 0 Å². The lowest BCUT2D eigenvalue weighted by molar-refractivity contribution is 0.672. The van der Waals surface area contributed by atoms with E-state index in [2.05, 4.69) is 72.8 Å². The van der Waals surface area contributed by atoms with Crippen molar-refractivity contribution in [1.82, 2.24) is 19.9 Å². The van der Waals surface area contributed by atoms with Gasteiger partial charge in [-0.15, -0.1) is 11.3 Å². The summed E-state index contributed by atoms with van der Waals surface area (Å²) in [7, 11) is 0. The lowest BCUT2D eigenvalue weighted by Gasteiger charge is -2.10. The predicted octanol–water partition coefficient (Wildman–Crippen LogP) is 11.4. The van der Waals surface area contributed by atoms with Crippen LogP contribution in [0.5, 0.6) is 0 Å². The summed E-state index contributed by atoms with van der Waals surface area (Å²) in [6.07, 6.45) is 0. The minimum absolute atomic E-state index is 0.602. The van der Waals surface area contributed by atoms with Crippen LogP contribution >= 0.6 is 11.3 Å². The van der Waals surface area contributed by atoms with Gasteiger partial charge in [-0.2, -0.15) is 0 Å². The molecule has 0 aliphatic carbocycles. The zero-order chi connectivity index (χ0) is 31.6. The first-order valence-corrected chi connectivity index (χ1v) is 16.6. The highest BCUT2D eigenvalue weighted by Crippen LogP contribution is 2.42. The minimum atomic E-state index is 0.602. The maximum atomic E-state index is 6.59. The Bertz CT molecular complexity index is 2780. The molecule has 3 heterocycles. The highest BCUT2D eigenvalue weighted by Gasteiger charge is 2.20. The summed E-state index contributed by atoms with van der Waals surface area (Å²) in [6, 6.07) is 49.9. The number of nitrogens with zero attached hydrogens (tertiary/aromatic N) is 4. The van der Waals surface area contributed by atoms with Crippen LogP contribution in [0.1, 0.15) is 0 Å². The van der Waals surface area contributed by atoms with E-state index in [1.165, 1.54) is 16.2 Å². The molecule has 0 fully saturated rings. The molecule has 5 nitrogen and oxygen atoms in total. The van der Waals surface area contributed by atoms with Crippen molar-refractivity contribution in [2.45, 2.75) is 0 Å². The van der Waals surface area contributed by atoms with E-state index in [0.29, 0.717) is 17.5 Å². The van der Waals surface area contributed by atoms with Gasteiger partial charge in [0.1, 0.15) is 16.1 Å². The molecule has 10 rings (SSSR count). The van der Waals surface area contributed by atoms with Crippen LogP contribution in [0.4, 0.5) is 0 Å². The number of aromatic nitrogens is 4. The molecule has 10 aromatic rings. The van der Waals surface area contributed by atoms with Gasteiger partial charge in [0.15, 0.2) is 23.1 Å². The van der Waals surface area contributed by atoms with Crippen molar-refractivity contribution in [2.75, 3.05) is 0 Å². The largest absolute Gasteiger partial charge is 0.454 e. The molecule has 224 valence electrons. The smallest absolute Gasteiger partial charge is 0.164 e. The van der Waals surface area contributed by atoms with Gasteiger partial charge in [-0.3, -0.25) is 0 Å². The van der Waals surface area contributed by atoms with E-state index in [0.717, 1.165) is 64.8 Å². The second kappa shape index (κ2) is 10.7. The Morgan fingerprint density at radius 1 is 0.438 bits per heavy atom. The second-order valence-corrected chi connectivity index (χ2v) is 12.9. The van der Waals surface area contributed by atoms with E-state index < -0.39 is 0 Å². The van der Waals surface area contributed by atoms with Crippen LogP contribution in [0.3, 0.4) is 0 Å². The van der Waals surface area contributed by atoms with Gasteiger partial charge in [-0.1, -0.05) is 121 Å². The van der Waals surface area contributed by atoms with Gasteiger partial charge < -0.3 is 4.42 Å². The van der Waals surface area contributed by atoms with E-state index in [4.69, 9.17) is 24.4 Å². The van der Waals surface area contributed by atoms with E-state index in [9.17, 15) is 0 Å². The summed E-state index contributed by atoms with van der Waals surface area (Å²) in [5.41, 5.74) is 6.25. The minimum Gasteiger partial charge on any atom is -0.454 e. The van der Waals surface area contributed by atoms with Crippen molar-refractivity contribution in [1.29, 1.82) is 0 Å². The third-order valence-electron chi connectivity index (χ3n) is 8.96. The molecular formula is C42H24N4OS. The Hall–Kier alpha value is -6.24. The third-order valence-corrected chi connectivity index (χ3v) is 10.0. The zero-order valence-corrected chi connectivity index (χ0v) is 26.3. The second-order valence-electron chi connectivity index (χ2n) is 11.9. The lowest BCUT2D eigenvalue weighted by atomic mass is 10.00. The summed E-state index contributed by atoms with van der Waals surface area (Å²) in [4.78, 5) is 20.1. The molecule has 0 saturated carbocycles.